The third-order valence-electron chi connectivity index (χ3n) is 0.911. The first-order valence-corrected chi connectivity index (χ1v) is 2.99. The van der Waals surface area contributed by atoms with Gasteiger partial charge in [0.15, 0.2) is 0 Å². The Balaban J connectivity index is 3.84. The molecule has 0 unspecified atom stereocenters. The summed E-state index contributed by atoms with van der Waals surface area (Å²) in [7, 11) is 0. The Labute approximate surface area is 56.6 Å². The van der Waals surface area contributed by atoms with Crippen LogP contribution < -0.4 is 5.73 Å². The third-order valence-corrected chi connectivity index (χ3v) is 0.911. The summed E-state index contributed by atoms with van der Waals surface area (Å²) in [5, 5.41) is 0. The molecule has 0 aromatic carbocycles. The maximum atomic E-state index is 5.16. The fourth-order valence-corrected chi connectivity index (χ4v) is 0.455. The van der Waals surface area contributed by atoms with Gasteiger partial charge in [-0.2, -0.15) is 0 Å². The average Bonchev–Trinajstić information content (AvgIpc) is 1.85. The number of nitrogens with two attached hydrogens (primary N) is 1. The van der Waals surface area contributed by atoms with Crippen molar-refractivity contribution in [2.75, 3.05) is 0 Å². The highest BCUT2D eigenvalue weighted by atomic mass is 14.5. The molecule has 0 aromatic heterocycles. The zero-order valence-corrected chi connectivity index (χ0v) is 5.96. The molecule has 50 valence electrons. The van der Waals surface area contributed by atoms with Crippen LogP contribution in [0.2, 0.25) is 0 Å². The Hall–Kier alpha value is -0.980. The van der Waals surface area contributed by atoms with Crippen molar-refractivity contribution in [1.29, 1.82) is 0 Å². The summed E-state index contributed by atoms with van der Waals surface area (Å²) in [5.74, 6) is 0. The molecule has 0 amide bonds. The minimum absolute atomic E-state index is 1.16. The van der Waals surface area contributed by atoms with Crippen LogP contribution in [0.25, 0.3) is 0 Å². The maximum Gasteiger partial charge on any atom is -0.00597 e. The lowest BCUT2D eigenvalue weighted by Gasteiger charge is -1.83. The van der Waals surface area contributed by atoms with Crippen molar-refractivity contribution in [3.05, 3.63) is 36.1 Å². The van der Waals surface area contributed by atoms with Crippen LogP contribution in [0.4, 0.5) is 0 Å². The summed E-state index contributed by atoms with van der Waals surface area (Å²) in [5.41, 5.74) is 6.32. The number of hydrogen-bond donors (Lipinski definition) is 1. The highest BCUT2D eigenvalue weighted by molar-refractivity contribution is 5.20. The number of hydrogen-bond acceptors (Lipinski definition) is 1. The Bertz CT molecular complexity index is 141. The van der Waals surface area contributed by atoms with Crippen molar-refractivity contribution in [3.8, 4) is 0 Å². The lowest BCUT2D eigenvalue weighted by molar-refractivity contribution is 1.47. The minimum Gasteiger partial charge on any atom is -0.405 e. The van der Waals surface area contributed by atoms with Crippen LogP contribution >= 0.6 is 0 Å². The monoisotopic (exact) mass is 123 g/mol. The summed E-state index contributed by atoms with van der Waals surface area (Å²) in [4.78, 5) is 0. The van der Waals surface area contributed by atoms with E-state index in [1.165, 1.54) is 6.20 Å². The second-order valence-corrected chi connectivity index (χ2v) is 1.80. The van der Waals surface area contributed by atoms with Crippen molar-refractivity contribution in [2.24, 2.45) is 5.73 Å². The topological polar surface area (TPSA) is 26.0 Å². The molecule has 0 rings (SSSR count). The van der Waals surface area contributed by atoms with Gasteiger partial charge in [0.2, 0.25) is 0 Å². The summed E-state index contributed by atoms with van der Waals surface area (Å²) < 4.78 is 0. The first-order chi connectivity index (χ1) is 4.31. The second kappa shape index (κ2) is 5.16. The van der Waals surface area contributed by atoms with E-state index in [2.05, 4.69) is 0 Å². The molecule has 0 fully saturated rings. The predicted molar refractivity (Wildman–Crippen MR) is 41.9 cm³/mol. The average molecular weight is 123 g/mol. The third kappa shape index (κ3) is 4.88. The van der Waals surface area contributed by atoms with E-state index in [-0.39, 0.29) is 0 Å². The molecule has 0 atom stereocenters. The van der Waals surface area contributed by atoms with E-state index >= 15 is 0 Å². The van der Waals surface area contributed by atoms with Gasteiger partial charge in [-0.3, -0.25) is 0 Å². The molecule has 0 saturated heterocycles. The lowest BCUT2D eigenvalue weighted by atomic mass is 10.3. The van der Waals surface area contributed by atoms with E-state index in [1.807, 2.05) is 38.2 Å². The molecular weight excluding hydrogens is 110 g/mol. The minimum atomic E-state index is 1.16. The van der Waals surface area contributed by atoms with Gasteiger partial charge in [-0.15, -0.1) is 0 Å². The molecule has 0 aromatic rings. The van der Waals surface area contributed by atoms with Crippen LogP contribution in [-0.2, 0) is 0 Å². The van der Waals surface area contributed by atoms with Crippen molar-refractivity contribution in [2.45, 2.75) is 13.8 Å². The van der Waals surface area contributed by atoms with Crippen LogP contribution in [0.5, 0.6) is 0 Å². The van der Waals surface area contributed by atoms with Gasteiger partial charge in [0, 0.05) is 0 Å². The number of rotatable bonds is 2. The van der Waals surface area contributed by atoms with Crippen molar-refractivity contribution in [1.82, 2.24) is 0 Å². The second-order valence-electron chi connectivity index (χ2n) is 1.80. The summed E-state index contributed by atoms with van der Waals surface area (Å²) in [6, 6.07) is 0. The molecular formula is C8H13N. The Morgan fingerprint density at radius 2 is 2.11 bits per heavy atom. The largest absolute Gasteiger partial charge is 0.405 e. The highest BCUT2D eigenvalue weighted by Crippen LogP contribution is 1.92. The fourth-order valence-electron chi connectivity index (χ4n) is 0.455. The van der Waals surface area contributed by atoms with Gasteiger partial charge in [-0.05, 0) is 31.7 Å². The molecule has 0 aliphatic rings. The van der Waals surface area contributed by atoms with Crippen LogP contribution in [0, 0.1) is 0 Å². The van der Waals surface area contributed by atoms with E-state index in [0.29, 0.717) is 0 Å². The zero-order chi connectivity index (χ0) is 7.11. The van der Waals surface area contributed by atoms with Crippen LogP contribution in [0.15, 0.2) is 36.1 Å². The van der Waals surface area contributed by atoms with Crippen LogP contribution in [0.1, 0.15) is 13.8 Å². The fraction of sp³-hybridized carbons (Fsp3) is 0.250. The van der Waals surface area contributed by atoms with Gasteiger partial charge >= 0.3 is 0 Å². The Morgan fingerprint density at radius 1 is 1.44 bits per heavy atom. The smallest absolute Gasteiger partial charge is 0.00597 e. The first-order valence-electron chi connectivity index (χ1n) is 2.99. The molecule has 0 radical (unpaired) electrons. The molecule has 0 aliphatic heterocycles. The van der Waals surface area contributed by atoms with Crippen molar-refractivity contribution < 1.29 is 0 Å². The normalized spacial score (nSPS) is 13.8. The molecule has 9 heavy (non-hydrogen) atoms. The Kier molecular flexibility index (Phi) is 4.60. The molecule has 1 heteroatoms. The molecule has 2 N–H and O–H groups in total. The summed E-state index contributed by atoms with van der Waals surface area (Å²) in [6.45, 7) is 3.99. The lowest BCUT2D eigenvalue weighted by Crippen LogP contribution is -1.76. The molecule has 1 nitrogen and oxygen atoms in total. The van der Waals surface area contributed by atoms with Crippen LogP contribution in [0.3, 0.4) is 0 Å². The van der Waals surface area contributed by atoms with E-state index < -0.39 is 0 Å². The predicted octanol–water partition coefficient (Wildman–Crippen LogP) is 1.98. The van der Waals surface area contributed by atoms with Gasteiger partial charge in [0.25, 0.3) is 0 Å². The van der Waals surface area contributed by atoms with Crippen molar-refractivity contribution >= 4 is 0 Å². The molecule has 0 spiro atoms. The summed E-state index contributed by atoms with van der Waals surface area (Å²) in [6.07, 6.45) is 9.36. The quantitative estimate of drug-likeness (QED) is 0.558. The highest BCUT2D eigenvalue weighted by Gasteiger charge is 1.73. The van der Waals surface area contributed by atoms with Gasteiger partial charge < -0.3 is 5.73 Å². The first kappa shape index (κ1) is 8.02. The van der Waals surface area contributed by atoms with E-state index in [1.54, 1.807) is 0 Å². The Morgan fingerprint density at radius 3 is 2.56 bits per heavy atom. The van der Waals surface area contributed by atoms with Gasteiger partial charge in [0.1, 0.15) is 0 Å². The number of allylic oxidation sites excluding steroid dienone is 5. The van der Waals surface area contributed by atoms with E-state index in [4.69, 9.17) is 5.73 Å². The SMILES string of the molecule is C\C=C/C=C(C)\C=C\N. The maximum absolute atomic E-state index is 5.16. The van der Waals surface area contributed by atoms with Gasteiger partial charge in [-0.25, -0.2) is 0 Å². The molecule has 0 heterocycles. The van der Waals surface area contributed by atoms with E-state index in [9.17, 15) is 0 Å². The van der Waals surface area contributed by atoms with Gasteiger partial charge in [0.05, 0.1) is 0 Å². The molecule has 0 saturated carbocycles. The van der Waals surface area contributed by atoms with E-state index in [0.717, 1.165) is 5.57 Å². The standard InChI is InChI=1S/C8H13N/c1-3-4-5-8(2)6-7-9/h3-7H,9H2,1-2H3/b4-3-,7-6+,8-5-. The molecule has 0 aliphatic carbocycles. The molecule has 0 bridgehead atoms. The van der Waals surface area contributed by atoms with Crippen LogP contribution in [-0.4, -0.2) is 0 Å². The summed E-state index contributed by atoms with van der Waals surface area (Å²) >= 11 is 0. The van der Waals surface area contributed by atoms with Gasteiger partial charge in [-0.1, -0.05) is 18.2 Å². The van der Waals surface area contributed by atoms with Crippen molar-refractivity contribution in [3.63, 3.8) is 0 Å². The zero-order valence-electron chi connectivity index (χ0n) is 5.96.